The summed E-state index contributed by atoms with van der Waals surface area (Å²) in [5.41, 5.74) is 8.51. The SMILES string of the molecule is CCC(N)Cc1cc(Br)ccc1-n1ccc(C(=O)NC)n1. The summed E-state index contributed by atoms with van der Waals surface area (Å²) >= 11 is 3.49. The summed E-state index contributed by atoms with van der Waals surface area (Å²) in [6.07, 6.45) is 3.46. The van der Waals surface area contributed by atoms with Crippen LogP contribution >= 0.6 is 15.9 Å². The normalized spacial score (nSPS) is 12.2. The van der Waals surface area contributed by atoms with Gasteiger partial charge in [-0.1, -0.05) is 22.9 Å². The number of carbonyl (C=O) groups is 1. The van der Waals surface area contributed by atoms with Crippen LogP contribution in [0, 0.1) is 0 Å². The molecule has 1 unspecified atom stereocenters. The van der Waals surface area contributed by atoms with Gasteiger partial charge in [-0.15, -0.1) is 0 Å². The van der Waals surface area contributed by atoms with Crippen LogP contribution in [0.3, 0.4) is 0 Å². The average molecular weight is 351 g/mol. The predicted molar refractivity (Wildman–Crippen MR) is 86.6 cm³/mol. The van der Waals surface area contributed by atoms with Crippen molar-refractivity contribution in [1.29, 1.82) is 0 Å². The van der Waals surface area contributed by atoms with E-state index in [2.05, 4.69) is 33.3 Å². The van der Waals surface area contributed by atoms with Crippen LogP contribution in [-0.2, 0) is 6.42 Å². The molecular formula is C15H19BrN4O. The molecule has 0 saturated heterocycles. The summed E-state index contributed by atoms with van der Waals surface area (Å²) in [4.78, 5) is 11.6. The van der Waals surface area contributed by atoms with Crippen LogP contribution in [0.2, 0.25) is 0 Å². The van der Waals surface area contributed by atoms with Crippen molar-refractivity contribution in [2.45, 2.75) is 25.8 Å². The van der Waals surface area contributed by atoms with E-state index in [1.54, 1.807) is 24.0 Å². The minimum atomic E-state index is -0.197. The highest BCUT2D eigenvalue weighted by molar-refractivity contribution is 9.10. The summed E-state index contributed by atoms with van der Waals surface area (Å²) < 4.78 is 2.72. The summed E-state index contributed by atoms with van der Waals surface area (Å²) in [5.74, 6) is -0.197. The molecule has 0 radical (unpaired) electrons. The van der Waals surface area contributed by atoms with Crippen molar-refractivity contribution in [3.8, 4) is 5.69 Å². The van der Waals surface area contributed by atoms with E-state index in [-0.39, 0.29) is 11.9 Å². The van der Waals surface area contributed by atoms with Gasteiger partial charge in [-0.05, 0) is 42.7 Å². The molecule has 1 heterocycles. The van der Waals surface area contributed by atoms with Crippen molar-refractivity contribution in [2.24, 2.45) is 5.73 Å². The third-order valence-corrected chi connectivity index (χ3v) is 3.84. The van der Waals surface area contributed by atoms with Crippen LogP contribution in [0.1, 0.15) is 29.4 Å². The molecule has 0 spiro atoms. The average Bonchev–Trinajstić information content (AvgIpc) is 2.96. The highest BCUT2D eigenvalue weighted by Crippen LogP contribution is 2.21. The van der Waals surface area contributed by atoms with E-state index < -0.39 is 0 Å². The minimum absolute atomic E-state index is 0.104. The van der Waals surface area contributed by atoms with Crippen molar-refractivity contribution < 1.29 is 4.79 Å². The van der Waals surface area contributed by atoms with Crippen molar-refractivity contribution in [3.05, 3.63) is 46.2 Å². The zero-order chi connectivity index (χ0) is 15.4. The van der Waals surface area contributed by atoms with Gasteiger partial charge < -0.3 is 11.1 Å². The van der Waals surface area contributed by atoms with E-state index in [1.807, 2.05) is 18.2 Å². The number of hydrogen-bond acceptors (Lipinski definition) is 3. The number of carbonyl (C=O) groups excluding carboxylic acids is 1. The van der Waals surface area contributed by atoms with Crippen LogP contribution in [0.25, 0.3) is 5.69 Å². The van der Waals surface area contributed by atoms with Crippen LogP contribution in [0.5, 0.6) is 0 Å². The van der Waals surface area contributed by atoms with E-state index >= 15 is 0 Å². The second-order valence-electron chi connectivity index (χ2n) is 4.87. The molecule has 2 rings (SSSR count). The lowest BCUT2D eigenvalue weighted by Gasteiger charge is -2.14. The van der Waals surface area contributed by atoms with E-state index in [1.165, 1.54) is 0 Å². The van der Waals surface area contributed by atoms with Crippen molar-refractivity contribution >= 4 is 21.8 Å². The Morgan fingerprint density at radius 2 is 2.24 bits per heavy atom. The molecule has 0 saturated carbocycles. The molecule has 1 aromatic heterocycles. The minimum Gasteiger partial charge on any atom is -0.354 e. The van der Waals surface area contributed by atoms with Gasteiger partial charge in [-0.3, -0.25) is 4.79 Å². The Morgan fingerprint density at radius 1 is 1.48 bits per heavy atom. The van der Waals surface area contributed by atoms with E-state index in [0.29, 0.717) is 5.69 Å². The maximum atomic E-state index is 11.6. The van der Waals surface area contributed by atoms with Crippen LogP contribution in [-0.4, -0.2) is 28.8 Å². The number of aromatic nitrogens is 2. The first-order valence-corrected chi connectivity index (χ1v) is 7.66. The van der Waals surface area contributed by atoms with Gasteiger partial charge in [-0.2, -0.15) is 5.10 Å². The molecular weight excluding hydrogens is 332 g/mol. The van der Waals surface area contributed by atoms with Gasteiger partial charge in [0, 0.05) is 23.8 Å². The fourth-order valence-electron chi connectivity index (χ4n) is 2.08. The maximum Gasteiger partial charge on any atom is 0.271 e. The summed E-state index contributed by atoms with van der Waals surface area (Å²) in [6, 6.07) is 7.78. The Labute approximate surface area is 132 Å². The van der Waals surface area contributed by atoms with Crippen LogP contribution in [0.4, 0.5) is 0 Å². The van der Waals surface area contributed by atoms with Crippen LogP contribution in [0.15, 0.2) is 34.9 Å². The topological polar surface area (TPSA) is 72.9 Å². The lowest BCUT2D eigenvalue weighted by atomic mass is 10.0. The van der Waals surface area contributed by atoms with Gasteiger partial charge in [0.2, 0.25) is 0 Å². The molecule has 0 aliphatic rings. The number of hydrogen-bond donors (Lipinski definition) is 2. The van der Waals surface area contributed by atoms with Gasteiger partial charge in [0.25, 0.3) is 5.91 Å². The first kappa shape index (κ1) is 15.7. The standard InChI is InChI=1S/C15H19BrN4O/c1-3-12(17)9-10-8-11(16)4-5-14(10)20-7-6-13(19-20)15(21)18-2/h4-8,12H,3,9,17H2,1-2H3,(H,18,21). The first-order valence-electron chi connectivity index (χ1n) is 6.87. The highest BCUT2D eigenvalue weighted by atomic mass is 79.9. The Balaban J connectivity index is 2.38. The zero-order valence-electron chi connectivity index (χ0n) is 12.1. The van der Waals surface area contributed by atoms with Crippen molar-refractivity contribution in [2.75, 3.05) is 7.05 Å². The van der Waals surface area contributed by atoms with Crippen molar-refractivity contribution in [1.82, 2.24) is 15.1 Å². The quantitative estimate of drug-likeness (QED) is 0.868. The summed E-state index contributed by atoms with van der Waals surface area (Å²) in [6.45, 7) is 2.07. The molecule has 112 valence electrons. The fraction of sp³-hybridized carbons (Fsp3) is 0.333. The van der Waals surface area contributed by atoms with Gasteiger partial charge in [-0.25, -0.2) is 4.68 Å². The molecule has 1 aromatic carbocycles. The number of nitrogens with one attached hydrogen (secondary N) is 1. The second kappa shape index (κ2) is 6.87. The number of halogens is 1. The molecule has 6 heteroatoms. The molecule has 21 heavy (non-hydrogen) atoms. The molecule has 0 aliphatic carbocycles. The number of nitrogens with zero attached hydrogens (tertiary/aromatic N) is 2. The van der Waals surface area contributed by atoms with Crippen LogP contribution < -0.4 is 11.1 Å². The lowest BCUT2D eigenvalue weighted by Crippen LogP contribution is -2.22. The van der Waals surface area contributed by atoms with E-state index in [4.69, 9.17) is 5.73 Å². The third-order valence-electron chi connectivity index (χ3n) is 3.34. The molecule has 1 atom stereocenters. The third kappa shape index (κ3) is 3.71. The molecule has 0 aliphatic heterocycles. The predicted octanol–water partition coefficient (Wildman–Crippen LogP) is 2.27. The van der Waals surface area contributed by atoms with E-state index in [0.717, 1.165) is 28.6 Å². The van der Waals surface area contributed by atoms with E-state index in [9.17, 15) is 4.79 Å². The van der Waals surface area contributed by atoms with Gasteiger partial charge in [0.1, 0.15) is 0 Å². The summed E-state index contributed by atoms with van der Waals surface area (Å²) in [7, 11) is 1.59. The molecule has 0 fully saturated rings. The smallest absolute Gasteiger partial charge is 0.271 e. The zero-order valence-corrected chi connectivity index (χ0v) is 13.7. The molecule has 5 nitrogen and oxygen atoms in total. The number of benzene rings is 1. The Hall–Kier alpha value is -1.66. The largest absolute Gasteiger partial charge is 0.354 e. The molecule has 1 amide bonds. The first-order chi connectivity index (χ1) is 10.0. The summed E-state index contributed by atoms with van der Waals surface area (Å²) in [5, 5.41) is 6.89. The Morgan fingerprint density at radius 3 is 2.90 bits per heavy atom. The number of rotatable bonds is 5. The van der Waals surface area contributed by atoms with Gasteiger partial charge >= 0.3 is 0 Å². The monoisotopic (exact) mass is 350 g/mol. The molecule has 2 aromatic rings. The number of nitrogens with two attached hydrogens (primary N) is 1. The van der Waals surface area contributed by atoms with Gasteiger partial charge in [0.05, 0.1) is 5.69 Å². The lowest BCUT2D eigenvalue weighted by molar-refractivity contribution is 0.0957. The Bertz CT molecular complexity index is 638. The maximum absolute atomic E-state index is 11.6. The van der Waals surface area contributed by atoms with Gasteiger partial charge in [0.15, 0.2) is 5.69 Å². The highest BCUT2D eigenvalue weighted by Gasteiger charge is 2.12. The second-order valence-corrected chi connectivity index (χ2v) is 5.79. The van der Waals surface area contributed by atoms with Crippen molar-refractivity contribution in [3.63, 3.8) is 0 Å². The fourth-order valence-corrected chi connectivity index (χ4v) is 2.48. The molecule has 0 bridgehead atoms. The molecule has 3 N–H and O–H groups in total. The Kier molecular flexibility index (Phi) is 5.14. The number of amides is 1.